The van der Waals surface area contributed by atoms with E-state index in [0.29, 0.717) is 0 Å². The summed E-state index contributed by atoms with van der Waals surface area (Å²) in [6.45, 7) is 1.86. The molecule has 1 atom stereocenters. The number of para-hydroxylation sites is 2. The van der Waals surface area contributed by atoms with Gasteiger partial charge in [0.25, 0.3) is 0 Å². The molecule has 0 fully saturated rings. The van der Waals surface area contributed by atoms with Crippen LogP contribution in [0.2, 0.25) is 0 Å². The molecular formula is C22H17N3OS. The molecule has 27 heavy (non-hydrogen) atoms. The molecule has 1 unspecified atom stereocenters. The van der Waals surface area contributed by atoms with Gasteiger partial charge in [-0.05, 0) is 48.7 Å². The van der Waals surface area contributed by atoms with Crippen LogP contribution in [0.1, 0.15) is 23.4 Å². The summed E-state index contributed by atoms with van der Waals surface area (Å²) in [5, 5.41) is 4.98. The number of nitrogens with zero attached hydrogens (tertiary/aromatic N) is 2. The maximum absolute atomic E-state index is 12.7. The third-order valence-electron chi connectivity index (χ3n) is 4.26. The first-order valence-corrected chi connectivity index (χ1v) is 9.47. The fourth-order valence-corrected chi connectivity index (χ4v) is 3.39. The van der Waals surface area contributed by atoms with E-state index in [1.54, 1.807) is 17.7 Å². The highest BCUT2D eigenvalue weighted by molar-refractivity contribution is 7.10. The maximum Gasteiger partial charge on any atom is 0.247 e. The van der Waals surface area contributed by atoms with E-state index >= 15 is 0 Å². The topological polar surface area (TPSA) is 46.9 Å². The van der Waals surface area contributed by atoms with Crippen molar-refractivity contribution in [3.63, 3.8) is 0 Å². The van der Waals surface area contributed by atoms with Crippen LogP contribution < -0.4 is 5.32 Å². The Balaban J connectivity index is 1.52. The minimum atomic E-state index is -0.377. The van der Waals surface area contributed by atoms with Crippen molar-refractivity contribution >= 4 is 34.0 Å². The van der Waals surface area contributed by atoms with Crippen molar-refractivity contribution in [3.8, 4) is 11.8 Å². The summed E-state index contributed by atoms with van der Waals surface area (Å²) in [5.74, 6) is 6.17. The van der Waals surface area contributed by atoms with E-state index in [2.05, 4.69) is 22.1 Å². The van der Waals surface area contributed by atoms with Gasteiger partial charge in [0, 0.05) is 11.3 Å². The Kier molecular flexibility index (Phi) is 4.73. The summed E-state index contributed by atoms with van der Waals surface area (Å²) in [4.78, 5) is 18.1. The summed E-state index contributed by atoms with van der Waals surface area (Å²) in [6.07, 6.45) is 1.71. The molecule has 0 radical (unpaired) electrons. The first-order valence-electron chi connectivity index (χ1n) is 8.59. The molecule has 0 saturated heterocycles. The molecule has 0 saturated carbocycles. The van der Waals surface area contributed by atoms with Crippen LogP contribution in [0.25, 0.3) is 11.0 Å². The zero-order valence-electron chi connectivity index (χ0n) is 14.7. The summed E-state index contributed by atoms with van der Waals surface area (Å²) in [5.41, 5.74) is 3.41. The SMILES string of the molecule is CC(C(=O)Nc1cccc(C#Cc2cccs2)c1)n1cnc2ccccc21. The van der Waals surface area contributed by atoms with Gasteiger partial charge in [0.2, 0.25) is 5.91 Å². The second kappa shape index (κ2) is 7.48. The Morgan fingerprint density at radius 3 is 2.85 bits per heavy atom. The van der Waals surface area contributed by atoms with E-state index in [0.717, 1.165) is 27.2 Å². The average Bonchev–Trinajstić information content (AvgIpc) is 3.36. The van der Waals surface area contributed by atoms with Crippen molar-refractivity contribution in [1.29, 1.82) is 0 Å². The average molecular weight is 371 g/mol. The van der Waals surface area contributed by atoms with Crippen molar-refractivity contribution < 1.29 is 4.79 Å². The van der Waals surface area contributed by atoms with E-state index in [-0.39, 0.29) is 11.9 Å². The molecule has 2 heterocycles. The van der Waals surface area contributed by atoms with E-state index in [4.69, 9.17) is 0 Å². The minimum Gasteiger partial charge on any atom is -0.324 e. The summed E-state index contributed by atoms with van der Waals surface area (Å²) < 4.78 is 1.88. The Hall–Kier alpha value is -3.36. The van der Waals surface area contributed by atoms with Gasteiger partial charge in [0.05, 0.1) is 22.2 Å². The zero-order valence-corrected chi connectivity index (χ0v) is 15.5. The van der Waals surface area contributed by atoms with Crippen molar-refractivity contribution in [2.24, 2.45) is 0 Å². The second-order valence-corrected chi connectivity index (χ2v) is 7.06. The van der Waals surface area contributed by atoms with Gasteiger partial charge in [-0.3, -0.25) is 4.79 Å². The molecule has 132 valence electrons. The van der Waals surface area contributed by atoms with Crippen LogP contribution in [0.3, 0.4) is 0 Å². The van der Waals surface area contributed by atoms with Crippen LogP contribution in [0, 0.1) is 11.8 Å². The number of hydrogen-bond acceptors (Lipinski definition) is 3. The lowest BCUT2D eigenvalue weighted by molar-refractivity contribution is -0.118. The van der Waals surface area contributed by atoms with E-state index < -0.39 is 0 Å². The predicted molar refractivity (Wildman–Crippen MR) is 110 cm³/mol. The first kappa shape index (κ1) is 17.1. The Morgan fingerprint density at radius 1 is 1.11 bits per heavy atom. The van der Waals surface area contributed by atoms with E-state index in [9.17, 15) is 4.79 Å². The van der Waals surface area contributed by atoms with Crippen molar-refractivity contribution in [3.05, 3.63) is 82.8 Å². The molecular weight excluding hydrogens is 354 g/mol. The first-order chi connectivity index (χ1) is 13.2. The van der Waals surface area contributed by atoms with Crippen LogP contribution in [0.4, 0.5) is 5.69 Å². The van der Waals surface area contributed by atoms with Gasteiger partial charge in [-0.15, -0.1) is 11.3 Å². The fourth-order valence-electron chi connectivity index (χ4n) is 2.82. The van der Waals surface area contributed by atoms with Crippen LogP contribution in [0.5, 0.6) is 0 Å². The van der Waals surface area contributed by atoms with Gasteiger partial charge in [0.1, 0.15) is 6.04 Å². The van der Waals surface area contributed by atoms with Crippen molar-refractivity contribution in [1.82, 2.24) is 9.55 Å². The number of fused-ring (bicyclic) bond motifs is 1. The number of carbonyl (C=O) groups is 1. The number of anilines is 1. The minimum absolute atomic E-state index is 0.0958. The number of imidazole rings is 1. The molecule has 0 spiro atoms. The molecule has 0 bridgehead atoms. The summed E-state index contributed by atoms with van der Waals surface area (Å²) in [6, 6.07) is 19.0. The molecule has 4 nitrogen and oxygen atoms in total. The van der Waals surface area contributed by atoms with Crippen LogP contribution in [0.15, 0.2) is 72.4 Å². The summed E-state index contributed by atoms with van der Waals surface area (Å²) in [7, 11) is 0. The molecule has 5 heteroatoms. The number of rotatable bonds is 3. The number of aromatic nitrogens is 2. The van der Waals surface area contributed by atoms with E-state index in [1.807, 2.05) is 77.5 Å². The standard InChI is InChI=1S/C22H17N3OS/c1-16(25-15-23-20-9-2-3-10-21(20)25)22(26)24-18-7-4-6-17(14-18)11-12-19-8-5-13-27-19/h2-10,13-16H,1H3,(H,24,26). The number of nitrogens with one attached hydrogen (secondary N) is 1. The highest BCUT2D eigenvalue weighted by Gasteiger charge is 2.17. The van der Waals surface area contributed by atoms with Crippen molar-refractivity contribution in [2.75, 3.05) is 5.32 Å². The number of benzene rings is 2. The van der Waals surface area contributed by atoms with E-state index in [1.165, 1.54) is 0 Å². The van der Waals surface area contributed by atoms with Gasteiger partial charge in [-0.2, -0.15) is 0 Å². The zero-order chi connectivity index (χ0) is 18.6. The highest BCUT2D eigenvalue weighted by Crippen LogP contribution is 2.19. The van der Waals surface area contributed by atoms with Gasteiger partial charge in [-0.1, -0.05) is 36.1 Å². The number of thiophene rings is 1. The lowest BCUT2D eigenvalue weighted by atomic mass is 10.2. The fraction of sp³-hybridized carbons (Fsp3) is 0.0909. The molecule has 0 aliphatic heterocycles. The van der Waals surface area contributed by atoms with Crippen LogP contribution >= 0.6 is 11.3 Å². The monoisotopic (exact) mass is 371 g/mol. The van der Waals surface area contributed by atoms with Gasteiger partial charge in [0.15, 0.2) is 0 Å². The number of hydrogen-bond donors (Lipinski definition) is 1. The van der Waals surface area contributed by atoms with Crippen molar-refractivity contribution in [2.45, 2.75) is 13.0 Å². The van der Waals surface area contributed by atoms with Crippen LogP contribution in [-0.4, -0.2) is 15.5 Å². The number of amides is 1. The van der Waals surface area contributed by atoms with Gasteiger partial charge in [-0.25, -0.2) is 4.98 Å². The Labute approximate surface area is 161 Å². The molecule has 2 aromatic carbocycles. The summed E-state index contributed by atoms with van der Waals surface area (Å²) >= 11 is 1.61. The Bertz CT molecular complexity index is 1150. The van der Waals surface area contributed by atoms with Crippen LogP contribution in [-0.2, 0) is 4.79 Å². The molecule has 4 aromatic rings. The molecule has 1 amide bonds. The molecule has 0 aliphatic rings. The maximum atomic E-state index is 12.7. The van der Waals surface area contributed by atoms with Gasteiger partial charge >= 0.3 is 0 Å². The smallest absolute Gasteiger partial charge is 0.247 e. The third-order valence-corrected chi connectivity index (χ3v) is 5.04. The molecule has 2 aromatic heterocycles. The normalized spacial score (nSPS) is 11.6. The third kappa shape index (κ3) is 3.76. The Morgan fingerprint density at radius 2 is 2.00 bits per heavy atom. The highest BCUT2D eigenvalue weighted by atomic mass is 32.1. The molecule has 4 rings (SSSR count). The second-order valence-electron chi connectivity index (χ2n) is 6.11. The lowest BCUT2D eigenvalue weighted by Crippen LogP contribution is -2.23. The van der Waals surface area contributed by atoms with Gasteiger partial charge < -0.3 is 9.88 Å². The number of carbonyl (C=O) groups excluding carboxylic acids is 1. The quantitative estimate of drug-likeness (QED) is 0.531. The largest absolute Gasteiger partial charge is 0.324 e. The predicted octanol–water partition coefficient (Wildman–Crippen LogP) is 4.70. The lowest BCUT2D eigenvalue weighted by Gasteiger charge is -2.14. The molecule has 0 aliphatic carbocycles. The molecule has 1 N–H and O–H groups in total.